The molecule has 1 unspecified atom stereocenters. The number of hydrogen-bond donors (Lipinski definition) is 1. The van der Waals surface area contributed by atoms with Crippen molar-refractivity contribution < 1.29 is 9.90 Å². The molecule has 4 fully saturated rings. The number of fused-ring (bicyclic) bond motifs is 1. The molecule has 4 bridgehead atoms. The molecule has 1 amide bonds. The summed E-state index contributed by atoms with van der Waals surface area (Å²) in [6.07, 6.45) is 7.81. The van der Waals surface area contributed by atoms with Crippen molar-refractivity contribution in [3.63, 3.8) is 0 Å². The molecule has 1 atom stereocenters. The Kier molecular flexibility index (Phi) is 3.90. The van der Waals surface area contributed by atoms with Crippen LogP contribution in [0.15, 0.2) is 24.3 Å². The monoisotopic (exact) mass is 357 g/mol. The highest BCUT2D eigenvalue weighted by Crippen LogP contribution is 2.60. The molecule has 6 rings (SSSR count). The van der Waals surface area contributed by atoms with Crippen LogP contribution in [0, 0.1) is 17.8 Å². The lowest BCUT2D eigenvalue weighted by molar-refractivity contribution is -0.131. The van der Waals surface area contributed by atoms with Crippen molar-refractivity contribution in [3.8, 4) is 0 Å². The highest BCUT2D eigenvalue weighted by Gasteiger charge is 2.51. The highest BCUT2D eigenvalue weighted by molar-refractivity contribution is 8.01. The van der Waals surface area contributed by atoms with E-state index in [4.69, 9.17) is 0 Å². The minimum atomic E-state index is -0.543. The Morgan fingerprint density at radius 2 is 1.76 bits per heavy atom. The lowest BCUT2D eigenvalue weighted by Gasteiger charge is -2.56. The van der Waals surface area contributed by atoms with Gasteiger partial charge in [-0.15, -0.1) is 11.8 Å². The van der Waals surface area contributed by atoms with Gasteiger partial charge in [0.05, 0.1) is 18.4 Å². The number of hydrogen-bond acceptors (Lipinski definition) is 3. The van der Waals surface area contributed by atoms with Crippen molar-refractivity contribution >= 4 is 17.7 Å². The van der Waals surface area contributed by atoms with E-state index in [-0.39, 0.29) is 5.91 Å². The van der Waals surface area contributed by atoms with Crippen LogP contribution in [0.4, 0.5) is 0 Å². The van der Waals surface area contributed by atoms with Crippen LogP contribution < -0.4 is 0 Å². The number of thioether (sulfide) groups is 1. The molecule has 0 saturated heterocycles. The fourth-order valence-corrected chi connectivity index (χ4v) is 7.96. The highest BCUT2D eigenvalue weighted by atomic mass is 32.2. The Bertz CT molecular complexity index is 653. The van der Waals surface area contributed by atoms with Gasteiger partial charge < -0.3 is 10.0 Å². The average molecular weight is 358 g/mol. The minimum absolute atomic E-state index is 0.203. The Hall–Kier alpha value is -1.00. The van der Waals surface area contributed by atoms with Crippen molar-refractivity contribution in [3.05, 3.63) is 35.4 Å². The molecule has 4 aliphatic carbocycles. The zero-order valence-corrected chi connectivity index (χ0v) is 15.5. The lowest BCUT2D eigenvalue weighted by Crippen LogP contribution is -2.49. The molecule has 0 spiro atoms. The summed E-state index contributed by atoms with van der Waals surface area (Å²) in [6, 6.07) is 7.96. The summed E-state index contributed by atoms with van der Waals surface area (Å²) in [7, 11) is 0. The number of amides is 1. The molecule has 1 aliphatic heterocycles. The quantitative estimate of drug-likeness (QED) is 0.895. The largest absolute Gasteiger partial charge is 0.387 e. The molecule has 1 N–H and O–H groups in total. The molecule has 1 heterocycles. The van der Waals surface area contributed by atoms with Gasteiger partial charge in [-0.25, -0.2) is 0 Å². The van der Waals surface area contributed by atoms with Gasteiger partial charge in [0.1, 0.15) is 0 Å². The Balaban J connectivity index is 1.24. The summed E-state index contributed by atoms with van der Waals surface area (Å²) in [5, 5.41) is 10.4. The average Bonchev–Trinajstić information content (AvgIpc) is 2.58. The van der Waals surface area contributed by atoms with Crippen LogP contribution in [-0.2, 0) is 11.3 Å². The van der Waals surface area contributed by atoms with Gasteiger partial charge in [-0.1, -0.05) is 24.3 Å². The van der Waals surface area contributed by atoms with Gasteiger partial charge in [0.25, 0.3) is 0 Å². The second-order valence-corrected chi connectivity index (χ2v) is 10.3. The first-order chi connectivity index (χ1) is 12.1. The van der Waals surface area contributed by atoms with E-state index in [9.17, 15) is 9.90 Å². The summed E-state index contributed by atoms with van der Waals surface area (Å²) in [4.78, 5) is 14.7. The zero-order valence-electron chi connectivity index (χ0n) is 14.7. The van der Waals surface area contributed by atoms with Gasteiger partial charge in [0, 0.05) is 11.3 Å². The predicted molar refractivity (Wildman–Crippen MR) is 100 cm³/mol. The Labute approximate surface area is 154 Å². The molecule has 25 heavy (non-hydrogen) atoms. The van der Waals surface area contributed by atoms with Crippen LogP contribution in [0.5, 0.6) is 0 Å². The number of carbonyl (C=O) groups is 1. The first kappa shape index (κ1) is 16.2. The maximum Gasteiger partial charge on any atom is 0.232 e. The smallest absolute Gasteiger partial charge is 0.232 e. The van der Waals surface area contributed by atoms with E-state index in [0.717, 1.165) is 28.9 Å². The third-order valence-electron chi connectivity index (χ3n) is 7.01. The van der Waals surface area contributed by atoms with Gasteiger partial charge >= 0.3 is 0 Å². The molecule has 0 aromatic heterocycles. The molecule has 3 nitrogen and oxygen atoms in total. The lowest BCUT2D eigenvalue weighted by atomic mass is 9.56. The fraction of sp³-hybridized carbons (Fsp3) is 0.667. The molecule has 4 saturated carbocycles. The van der Waals surface area contributed by atoms with Crippen LogP contribution in [-0.4, -0.2) is 33.0 Å². The molecular weight excluding hydrogens is 330 g/mol. The van der Waals surface area contributed by atoms with Crippen LogP contribution in [0.2, 0.25) is 0 Å². The van der Waals surface area contributed by atoms with Gasteiger partial charge in [0.2, 0.25) is 5.91 Å². The van der Waals surface area contributed by atoms with E-state index in [2.05, 4.69) is 0 Å². The topological polar surface area (TPSA) is 40.5 Å². The van der Waals surface area contributed by atoms with Crippen LogP contribution in [0.25, 0.3) is 0 Å². The number of nitrogens with zero attached hydrogens (tertiary/aromatic N) is 1. The number of aliphatic hydroxyl groups excluding tert-OH is 1. The summed E-state index contributed by atoms with van der Waals surface area (Å²) < 4.78 is 0.386. The van der Waals surface area contributed by atoms with Crippen molar-refractivity contribution in [2.24, 2.45) is 17.8 Å². The first-order valence-electron chi connectivity index (χ1n) is 9.78. The first-order valence-corrected chi connectivity index (χ1v) is 10.8. The van der Waals surface area contributed by atoms with Crippen molar-refractivity contribution in [1.29, 1.82) is 0 Å². The van der Waals surface area contributed by atoms with Crippen molar-refractivity contribution in [2.45, 2.75) is 55.9 Å². The van der Waals surface area contributed by atoms with Crippen LogP contribution in [0.3, 0.4) is 0 Å². The van der Waals surface area contributed by atoms with E-state index in [1.165, 1.54) is 38.5 Å². The summed E-state index contributed by atoms with van der Waals surface area (Å²) in [5.74, 6) is 3.57. The van der Waals surface area contributed by atoms with Crippen LogP contribution >= 0.6 is 11.8 Å². The summed E-state index contributed by atoms with van der Waals surface area (Å²) in [5.41, 5.74) is 2.08. The zero-order chi connectivity index (χ0) is 17.0. The third-order valence-corrected chi connectivity index (χ3v) is 8.51. The number of aliphatic hydroxyl groups is 1. The molecular formula is C21H27NO2S. The maximum absolute atomic E-state index is 12.8. The SMILES string of the molecule is O=C(CSC12CC3CC(CC(C3)C1)C2)N1Cc2ccccc2C(O)C1. The molecule has 1 aromatic carbocycles. The maximum atomic E-state index is 12.8. The normalized spacial score (nSPS) is 38.7. The molecule has 5 aliphatic rings. The van der Waals surface area contributed by atoms with Crippen LogP contribution in [0.1, 0.15) is 55.8 Å². The predicted octanol–water partition coefficient (Wildman–Crippen LogP) is 3.76. The Morgan fingerprint density at radius 3 is 2.44 bits per heavy atom. The minimum Gasteiger partial charge on any atom is -0.387 e. The summed E-state index contributed by atoms with van der Waals surface area (Å²) in [6.45, 7) is 1.09. The standard InChI is InChI=1S/C21H27NO2S/c23-19-12-22(11-17-3-1-2-4-18(17)19)20(24)13-25-21-8-14-5-15(9-21)7-16(6-14)10-21/h1-4,14-16,19,23H,5-13H2. The van der Waals surface area contributed by atoms with E-state index in [0.29, 0.717) is 23.6 Å². The second-order valence-electron chi connectivity index (χ2n) is 8.88. The van der Waals surface area contributed by atoms with Crippen molar-refractivity contribution in [2.75, 3.05) is 12.3 Å². The van der Waals surface area contributed by atoms with Gasteiger partial charge in [-0.2, -0.15) is 0 Å². The summed E-state index contributed by atoms with van der Waals surface area (Å²) >= 11 is 1.95. The molecule has 1 aromatic rings. The number of β-amino-alcohol motifs (C(OH)–C–C–N with tert-alkyl or cyclic N) is 1. The number of rotatable bonds is 3. The fourth-order valence-electron chi connectivity index (χ4n) is 6.28. The van der Waals surface area contributed by atoms with E-state index in [1.54, 1.807) is 0 Å². The Morgan fingerprint density at radius 1 is 1.12 bits per heavy atom. The van der Waals surface area contributed by atoms with E-state index >= 15 is 0 Å². The molecule has 4 heteroatoms. The van der Waals surface area contributed by atoms with E-state index in [1.807, 2.05) is 40.9 Å². The van der Waals surface area contributed by atoms with Gasteiger partial charge in [-0.05, 0) is 67.4 Å². The third kappa shape index (κ3) is 2.91. The molecule has 0 radical (unpaired) electrons. The number of carbonyl (C=O) groups excluding carboxylic acids is 1. The van der Waals surface area contributed by atoms with E-state index < -0.39 is 6.10 Å². The molecule has 134 valence electrons. The van der Waals surface area contributed by atoms with Crippen molar-refractivity contribution in [1.82, 2.24) is 4.90 Å². The second kappa shape index (κ2) is 6.02. The van der Waals surface area contributed by atoms with Gasteiger partial charge in [0.15, 0.2) is 0 Å². The van der Waals surface area contributed by atoms with Gasteiger partial charge in [-0.3, -0.25) is 4.79 Å². The number of benzene rings is 1.